The predicted octanol–water partition coefficient (Wildman–Crippen LogP) is 4.62. The molecule has 0 spiro atoms. The van der Waals surface area contributed by atoms with Crippen molar-refractivity contribution < 1.29 is 28.7 Å². The van der Waals surface area contributed by atoms with Gasteiger partial charge in [-0.15, -0.1) is 0 Å². The summed E-state index contributed by atoms with van der Waals surface area (Å²) in [5, 5.41) is 5.47. The quantitative estimate of drug-likeness (QED) is 0.179. The summed E-state index contributed by atoms with van der Waals surface area (Å²) in [7, 11) is 0. The number of carbonyl (C=O) groups excluding carboxylic acids is 5. The average Bonchev–Trinajstić information content (AvgIpc) is 2.80. The zero-order valence-corrected chi connectivity index (χ0v) is 24.3. The first-order chi connectivity index (χ1) is 16.7. The molecule has 0 heterocycles. The smallest absolute Gasteiger partial charge is 0.311 e. The Morgan fingerprint density at radius 2 is 1.50 bits per heavy atom. The van der Waals surface area contributed by atoms with Crippen molar-refractivity contribution in [3.63, 3.8) is 0 Å². The van der Waals surface area contributed by atoms with Crippen LogP contribution in [0.25, 0.3) is 0 Å². The van der Waals surface area contributed by atoms with Gasteiger partial charge in [0, 0.05) is 30.9 Å². The van der Waals surface area contributed by atoms with Gasteiger partial charge in [-0.3, -0.25) is 24.0 Å². The van der Waals surface area contributed by atoms with Crippen LogP contribution in [0, 0.1) is 17.3 Å². The van der Waals surface area contributed by atoms with Gasteiger partial charge in [0.15, 0.2) is 0 Å². The largest absolute Gasteiger partial charge is 0.460 e. The molecule has 36 heavy (non-hydrogen) atoms. The number of hydrogen-bond acceptors (Lipinski definition) is 6. The van der Waals surface area contributed by atoms with Crippen LogP contribution in [0.2, 0.25) is 0 Å². The van der Waals surface area contributed by atoms with Crippen LogP contribution in [0.1, 0.15) is 72.8 Å². The molecule has 2 amide bonds. The van der Waals surface area contributed by atoms with Crippen molar-refractivity contribution >= 4 is 57.6 Å². The van der Waals surface area contributed by atoms with Crippen molar-refractivity contribution in [2.75, 3.05) is 9.74 Å². The van der Waals surface area contributed by atoms with Gasteiger partial charge in [0.05, 0.1) is 9.84 Å². The summed E-state index contributed by atoms with van der Waals surface area (Å²) >= 11 is 2.00. The van der Waals surface area contributed by atoms with Gasteiger partial charge in [0.25, 0.3) is 0 Å². The van der Waals surface area contributed by atoms with Crippen LogP contribution < -0.4 is 10.6 Å². The highest BCUT2D eigenvalue weighted by atomic mass is 127. The van der Waals surface area contributed by atoms with Crippen molar-refractivity contribution in [1.29, 1.82) is 0 Å². The zero-order valence-electron chi connectivity index (χ0n) is 22.1. The first-order valence-electron chi connectivity index (χ1n) is 12.2. The monoisotopic (exact) mass is 614 g/mol. The molecule has 0 aliphatic rings. The summed E-state index contributed by atoms with van der Waals surface area (Å²) in [5.74, 6) is -1.61. The number of esters is 1. The summed E-state index contributed by atoms with van der Waals surface area (Å²) in [6.07, 6.45) is 1.20. The van der Waals surface area contributed by atoms with Crippen molar-refractivity contribution in [2.24, 2.45) is 17.3 Å². The molecule has 0 aromatic heterocycles. The number of hydrogen-bond donors (Lipinski definition) is 2. The van der Waals surface area contributed by atoms with E-state index >= 15 is 0 Å². The van der Waals surface area contributed by atoms with Crippen LogP contribution in [0.3, 0.4) is 0 Å². The van der Waals surface area contributed by atoms with Crippen molar-refractivity contribution in [2.45, 2.75) is 79.9 Å². The molecule has 2 atom stereocenters. The molecule has 200 valence electrons. The second kappa shape index (κ2) is 15.1. The maximum atomic E-state index is 12.8. The van der Waals surface area contributed by atoms with Crippen molar-refractivity contribution in [3.05, 3.63) is 29.8 Å². The molecule has 0 fully saturated rings. The summed E-state index contributed by atoms with van der Waals surface area (Å²) in [6.45, 7) is 10.8. The fourth-order valence-corrected chi connectivity index (χ4v) is 3.60. The van der Waals surface area contributed by atoms with Gasteiger partial charge in [-0.1, -0.05) is 48.6 Å². The number of ether oxygens (including phenoxy) is 1. The average molecular weight is 615 g/mol. The SMILES string of the molecule is CC(C)[C@H](CC(=O)CCCC(=O)CI)C(=O)N[C@@H](C)C(=O)Nc1ccc(COC(=O)C(C)(C)C)cc1. The number of carbonyl (C=O) groups is 5. The molecule has 1 aromatic carbocycles. The van der Waals surface area contributed by atoms with E-state index in [2.05, 4.69) is 10.6 Å². The fourth-order valence-electron chi connectivity index (χ4n) is 3.21. The normalized spacial score (nSPS) is 13.0. The first-order valence-corrected chi connectivity index (χ1v) is 13.7. The van der Waals surface area contributed by atoms with E-state index in [-0.39, 0.29) is 54.7 Å². The van der Waals surface area contributed by atoms with Gasteiger partial charge in [-0.05, 0) is 57.7 Å². The number of ketones is 2. The van der Waals surface area contributed by atoms with Crippen LogP contribution in [-0.2, 0) is 35.3 Å². The number of Topliss-reactive ketones (excluding diaryl/α,β-unsaturated/α-hetero) is 2. The molecule has 0 saturated heterocycles. The van der Waals surface area contributed by atoms with E-state index in [0.717, 1.165) is 5.56 Å². The van der Waals surface area contributed by atoms with E-state index in [4.69, 9.17) is 4.74 Å². The lowest BCUT2D eigenvalue weighted by Crippen LogP contribution is -2.45. The number of benzene rings is 1. The lowest BCUT2D eigenvalue weighted by molar-refractivity contribution is -0.154. The standard InChI is InChI=1S/C27H39IN2O6/c1-17(2)23(14-21(31)8-7-9-22(32)15-28)25(34)29-18(3)24(33)30-20-12-10-19(11-13-20)16-36-26(35)27(4,5)6/h10-13,17-18,23H,7-9,14-16H2,1-6H3,(H,29,34)(H,30,33)/t18-,23-/m0/s1. The van der Waals surface area contributed by atoms with E-state index in [1.165, 1.54) is 0 Å². The highest BCUT2D eigenvalue weighted by Crippen LogP contribution is 2.19. The van der Waals surface area contributed by atoms with Gasteiger partial charge in [-0.2, -0.15) is 0 Å². The third-order valence-corrected chi connectivity index (χ3v) is 6.46. The number of rotatable bonds is 14. The Labute approximate surface area is 227 Å². The fraction of sp³-hybridized carbons (Fsp3) is 0.593. The Balaban J connectivity index is 2.59. The minimum atomic E-state index is -0.803. The lowest BCUT2D eigenvalue weighted by Gasteiger charge is -2.22. The second-order valence-electron chi connectivity index (χ2n) is 10.4. The van der Waals surface area contributed by atoms with Crippen LogP contribution in [0.5, 0.6) is 0 Å². The third-order valence-electron chi connectivity index (χ3n) is 5.61. The van der Waals surface area contributed by atoms with Gasteiger partial charge < -0.3 is 15.4 Å². The van der Waals surface area contributed by atoms with Crippen LogP contribution in [-0.4, -0.2) is 39.8 Å². The molecule has 1 rings (SSSR count). The number of anilines is 1. The molecular weight excluding hydrogens is 575 g/mol. The first kappa shape index (κ1) is 31.7. The highest BCUT2D eigenvalue weighted by Gasteiger charge is 2.27. The Hall–Kier alpha value is -2.30. The number of nitrogens with one attached hydrogen (secondary N) is 2. The molecule has 9 heteroatoms. The van der Waals surface area contributed by atoms with Gasteiger partial charge in [-0.25, -0.2) is 0 Å². The lowest BCUT2D eigenvalue weighted by atomic mass is 9.88. The maximum Gasteiger partial charge on any atom is 0.311 e. The predicted molar refractivity (Wildman–Crippen MR) is 148 cm³/mol. The van der Waals surface area contributed by atoms with Crippen molar-refractivity contribution in [1.82, 2.24) is 5.32 Å². The molecule has 0 saturated carbocycles. The third kappa shape index (κ3) is 11.6. The molecule has 0 aliphatic carbocycles. The molecule has 0 aliphatic heterocycles. The Morgan fingerprint density at radius 1 is 0.917 bits per heavy atom. The van der Waals surface area contributed by atoms with Crippen LogP contribution in [0.15, 0.2) is 24.3 Å². The van der Waals surface area contributed by atoms with Crippen LogP contribution in [0.4, 0.5) is 5.69 Å². The van der Waals surface area contributed by atoms with Gasteiger partial charge in [0.2, 0.25) is 11.8 Å². The molecule has 1 aromatic rings. The summed E-state index contributed by atoms with van der Waals surface area (Å²) in [5.41, 5.74) is 0.754. The van der Waals surface area contributed by atoms with E-state index in [1.807, 2.05) is 36.4 Å². The Morgan fingerprint density at radius 3 is 2.03 bits per heavy atom. The molecule has 0 radical (unpaired) electrons. The second-order valence-corrected chi connectivity index (χ2v) is 11.1. The molecule has 8 nitrogen and oxygen atoms in total. The van der Waals surface area contributed by atoms with E-state index in [9.17, 15) is 24.0 Å². The summed E-state index contributed by atoms with van der Waals surface area (Å²) in [4.78, 5) is 61.1. The maximum absolute atomic E-state index is 12.8. The number of alkyl halides is 1. The van der Waals surface area contributed by atoms with Crippen LogP contribution >= 0.6 is 22.6 Å². The molecule has 0 bridgehead atoms. The molecule has 2 N–H and O–H groups in total. The zero-order chi connectivity index (χ0) is 27.5. The summed E-state index contributed by atoms with van der Waals surface area (Å²) < 4.78 is 5.72. The number of halogens is 1. The molecule has 0 unspecified atom stereocenters. The van der Waals surface area contributed by atoms with Crippen molar-refractivity contribution in [3.8, 4) is 0 Å². The van der Waals surface area contributed by atoms with E-state index in [1.54, 1.807) is 52.0 Å². The number of amides is 2. The minimum absolute atomic E-state index is 0.0597. The minimum Gasteiger partial charge on any atom is -0.460 e. The van der Waals surface area contributed by atoms with Gasteiger partial charge in [0.1, 0.15) is 24.2 Å². The Bertz CT molecular complexity index is 921. The summed E-state index contributed by atoms with van der Waals surface area (Å²) in [6, 6.07) is 6.10. The van der Waals surface area contributed by atoms with E-state index < -0.39 is 17.4 Å². The van der Waals surface area contributed by atoms with Gasteiger partial charge >= 0.3 is 5.97 Å². The molecular formula is C27H39IN2O6. The Kier molecular flexibility index (Phi) is 13.3. The van der Waals surface area contributed by atoms with E-state index in [0.29, 0.717) is 23.0 Å². The highest BCUT2D eigenvalue weighted by molar-refractivity contribution is 14.1. The topological polar surface area (TPSA) is 119 Å².